The van der Waals surface area contributed by atoms with E-state index in [2.05, 4.69) is 44.1 Å². The third kappa shape index (κ3) is 3.09. The fraction of sp³-hybridized carbons (Fsp3) is 0.714. The largest absolute Gasteiger partial charge is 0.314 e. The molecule has 3 heteroatoms. The highest BCUT2D eigenvalue weighted by Gasteiger charge is 2.28. The topological polar surface area (TPSA) is 15.3 Å². The van der Waals surface area contributed by atoms with Crippen molar-refractivity contribution in [2.75, 3.05) is 20.1 Å². The van der Waals surface area contributed by atoms with Crippen LogP contribution in [0.15, 0.2) is 6.07 Å². The van der Waals surface area contributed by atoms with Crippen LogP contribution in [-0.2, 0) is 6.54 Å². The van der Waals surface area contributed by atoms with Crippen molar-refractivity contribution in [2.45, 2.75) is 45.7 Å². The fourth-order valence-corrected chi connectivity index (χ4v) is 3.47. The predicted octanol–water partition coefficient (Wildman–Crippen LogP) is 2.94. The van der Waals surface area contributed by atoms with E-state index >= 15 is 0 Å². The molecule has 0 amide bonds. The van der Waals surface area contributed by atoms with Crippen molar-refractivity contribution in [2.24, 2.45) is 0 Å². The number of likely N-dealkylation sites (tertiary alicyclic amines) is 1. The molecule has 0 bridgehead atoms. The molecule has 1 aromatic heterocycles. The number of aryl methyl sites for hydroxylation is 2. The zero-order valence-corrected chi connectivity index (χ0v) is 12.3. The molecule has 2 heterocycles. The van der Waals surface area contributed by atoms with Gasteiger partial charge in [0.2, 0.25) is 0 Å². The van der Waals surface area contributed by atoms with Crippen LogP contribution in [0.1, 0.15) is 35.1 Å². The van der Waals surface area contributed by atoms with Crippen molar-refractivity contribution in [1.29, 1.82) is 0 Å². The average molecular weight is 252 g/mol. The van der Waals surface area contributed by atoms with E-state index in [-0.39, 0.29) is 0 Å². The molecule has 1 aliphatic rings. The highest BCUT2D eigenvalue weighted by atomic mass is 32.1. The van der Waals surface area contributed by atoms with Crippen LogP contribution in [0.5, 0.6) is 0 Å². The van der Waals surface area contributed by atoms with E-state index in [1.165, 1.54) is 41.2 Å². The van der Waals surface area contributed by atoms with Gasteiger partial charge in [-0.2, -0.15) is 0 Å². The molecule has 0 saturated carbocycles. The quantitative estimate of drug-likeness (QED) is 0.890. The summed E-state index contributed by atoms with van der Waals surface area (Å²) in [5, 5.41) is 3.46. The standard InChI is InChI=1S/C14H24N2S/c1-11-9-13(12(2)17-11)10-16-7-5-14(3,15-4)6-8-16/h9,15H,5-8,10H2,1-4H3. The lowest BCUT2D eigenvalue weighted by Gasteiger charge is -2.39. The first-order valence-electron chi connectivity index (χ1n) is 6.49. The first kappa shape index (κ1) is 13.1. The molecule has 0 spiro atoms. The summed E-state index contributed by atoms with van der Waals surface area (Å²) in [6.07, 6.45) is 2.51. The number of thiophene rings is 1. The van der Waals surface area contributed by atoms with Gasteiger partial charge in [-0.3, -0.25) is 4.90 Å². The minimum Gasteiger partial charge on any atom is -0.314 e. The van der Waals surface area contributed by atoms with Crippen molar-refractivity contribution in [3.63, 3.8) is 0 Å². The summed E-state index contributed by atoms with van der Waals surface area (Å²) in [6, 6.07) is 2.35. The van der Waals surface area contributed by atoms with Crippen LogP contribution in [0.4, 0.5) is 0 Å². The van der Waals surface area contributed by atoms with Crippen molar-refractivity contribution in [3.8, 4) is 0 Å². The first-order chi connectivity index (χ1) is 8.02. The zero-order chi connectivity index (χ0) is 12.5. The van der Waals surface area contributed by atoms with E-state index in [1.54, 1.807) is 0 Å². The van der Waals surface area contributed by atoms with Crippen molar-refractivity contribution >= 4 is 11.3 Å². The second-order valence-electron chi connectivity index (χ2n) is 5.53. The molecule has 0 aromatic carbocycles. The van der Waals surface area contributed by atoms with Gasteiger partial charge in [0.25, 0.3) is 0 Å². The fourth-order valence-electron chi connectivity index (χ4n) is 2.54. The molecule has 1 aromatic rings. The molecule has 0 aliphatic carbocycles. The Morgan fingerprint density at radius 3 is 2.47 bits per heavy atom. The molecule has 0 unspecified atom stereocenters. The smallest absolute Gasteiger partial charge is 0.0244 e. The van der Waals surface area contributed by atoms with E-state index in [4.69, 9.17) is 0 Å². The van der Waals surface area contributed by atoms with Crippen molar-refractivity contribution in [1.82, 2.24) is 10.2 Å². The van der Waals surface area contributed by atoms with Crippen LogP contribution >= 0.6 is 11.3 Å². The van der Waals surface area contributed by atoms with Gasteiger partial charge in [0.1, 0.15) is 0 Å². The van der Waals surface area contributed by atoms with E-state index in [0.29, 0.717) is 5.54 Å². The molecule has 2 rings (SSSR count). The number of nitrogens with zero attached hydrogens (tertiary/aromatic N) is 1. The summed E-state index contributed by atoms with van der Waals surface area (Å²) in [7, 11) is 2.09. The Morgan fingerprint density at radius 1 is 1.35 bits per heavy atom. The van der Waals surface area contributed by atoms with E-state index in [1.807, 2.05) is 11.3 Å². The summed E-state index contributed by atoms with van der Waals surface area (Å²) in [6.45, 7) is 10.3. The first-order valence-corrected chi connectivity index (χ1v) is 7.31. The molecule has 96 valence electrons. The van der Waals surface area contributed by atoms with Gasteiger partial charge in [-0.15, -0.1) is 11.3 Å². The maximum atomic E-state index is 3.46. The normalized spacial score (nSPS) is 20.7. The van der Waals surface area contributed by atoms with Gasteiger partial charge in [0, 0.05) is 34.9 Å². The zero-order valence-electron chi connectivity index (χ0n) is 11.5. The third-order valence-corrected chi connectivity index (χ3v) is 5.11. The maximum Gasteiger partial charge on any atom is 0.0244 e. The SMILES string of the molecule is CNC1(C)CCN(Cc2cc(C)sc2C)CC1. The monoisotopic (exact) mass is 252 g/mol. The van der Waals surface area contributed by atoms with Gasteiger partial charge in [-0.05, 0) is 52.3 Å². The molecular weight excluding hydrogens is 228 g/mol. The molecule has 17 heavy (non-hydrogen) atoms. The minimum atomic E-state index is 0.357. The molecule has 1 fully saturated rings. The Balaban J connectivity index is 1.92. The lowest BCUT2D eigenvalue weighted by Crippen LogP contribution is -2.49. The highest BCUT2D eigenvalue weighted by Crippen LogP contribution is 2.26. The summed E-state index contributed by atoms with van der Waals surface area (Å²) in [4.78, 5) is 5.52. The van der Waals surface area contributed by atoms with Gasteiger partial charge in [-0.25, -0.2) is 0 Å². The van der Waals surface area contributed by atoms with E-state index in [9.17, 15) is 0 Å². The maximum absolute atomic E-state index is 3.46. The second kappa shape index (κ2) is 5.09. The average Bonchev–Trinajstić information content (AvgIpc) is 2.61. The van der Waals surface area contributed by atoms with Gasteiger partial charge >= 0.3 is 0 Å². The van der Waals surface area contributed by atoms with Crippen molar-refractivity contribution in [3.05, 3.63) is 21.4 Å². The van der Waals surface area contributed by atoms with Crippen LogP contribution in [0.2, 0.25) is 0 Å². The molecule has 1 N–H and O–H groups in total. The molecule has 0 radical (unpaired) electrons. The number of hydrogen-bond acceptors (Lipinski definition) is 3. The van der Waals surface area contributed by atoms with Crippen molar-refractivity contribution < 1.29 is 0 Å². The Morgan fingerprint density at radius 2 is 2.00 bits per heavy atom. The summed E-state index contributed by atoms with van der Waals surface area (Å²) < 4.78 is 0. The van der Waals surface area contributed by atoms with Crippen LogP contribution < -0.4 is 5.32 Å². The van der Waals surface area contributed by atoms with E-state index in [0.717, 1.165) is 6.54 Å². The van der Waals surface area contributed by atoms with Gasteiger partial charge in [-0.1, -0.05) is 0 Å². The summed E-state index contributed by atoms with van der Waals surface area (Å²) in [5.74, 6) is 0. The van der Waals surface area contributed by atoms with Gasteiger partial charge < -0.3 is 5.32 Å². The van der Waals surface area contributed by atoms with Gasteiger partial charge in [0.05, 0.1) is 0 Å². The summed E-state index contributed by atoms with van der Waals surface area (Å²) in [5.41, 5.74) is 1.89. The number of nitrogens with one attached hydrogen (secondary N) is 1. The van der Waals surface area contributed by atoms with Crippen LogP contribution in [0.25, 0.3) is 0 Å². The minimum absolute atomic E-state index is 0.357. The lowest BCUT2D eigenvalue weighted by atomic mass is 9.90. The number of rotatable bonds is 3. The lowest BCUT2D eigenvalue weighted by molar-refractivity contribution is 0.146. The summed E-state index contributed by atoms with van der Waals surface area (Å²) >= 11 is 1.92. The molecule has 1 aliphatic heterocycles. The molecule has 1 saturated heterocycles. The predicted molar refractivity (Wildman–Crippen MR) is 75.8 cm³/mol. The van der Waals surface area contributed by atoms with Crippen LogP contribution in [0.3, 0.4) is 0 Å². The Kier molecular flexibility index (Phi) is 3.91. The second-order valence-corrected chi connectivity index (χ2v) is 6.99. The van der Waals surface area contributed by atoms with E-state index < -0.39 is 0 Å². The van der Waals surface area contributed by atoms with Crippen LogP contribution in [0, 0.1) is 13.8 Å². The van der Waals surface area contributed by atoms with Gasteiger partial charge in [0.15, 0.2) is 0 Å². The number of hydrogen-bond donors (Lipinski definition) is 1. The molecule has 0 atom stereocenters. The number of piperidine rings is 1. The molecular formula is C14H24N2S. The third-order valence-electron chi connectivity index (χ3n) is 4.10. The Bertz CT molecular complexity index is 376. The Labute approximate surface area is 109 Å². The Hall–Kier alpha value is -0.380. The highest BCUT2D eigenvalue weighted by molar-refractivity contribution is 7.12. The molecule has 2 nitrogen and oxygen atoms in total. The van der Waals surface area contributed by atoms with Crippen LogP contribution in [-0.4, -0.2) is 30.6 Å².